The quantitative estimate of drug-likeness (QED) is 0.777. The monoisotopic (exact) mass is 278 g/mol. The Morgan fingerprint density at radius 2 is 1.95 bits per heavy atom. The second kappa shape index (κ2) is 8.70. The molecule has 0 radical (unpaired) electrons. The summed E-state index contributed by atoms with van der Waals surface area (Å²) >= 11 is 0. The zero-order valence-electron chi connectivity index (χ0n) is 14.3. The van der Waals surface area contributed by atoms with Gasteiger partial charge in [-0.15, -0.1) is 5.92 Å². The van der Waals surface area contributed by atoms with E-state index in [2.05, 4.69) is 56.7 Å². The summed E-state index contributed by atoms with van der Waals surface area (Å²) in [5.41, 5.74) is 0.265. The molecule has 1 saturated heterocycles. The fourth-order valence-electron chi connectivity index (χ4n) is 2.70. The van der Waals surface area contributed by atoms with Crippen LogP contribution < -0.4 is 5.32 Å². The molecule has 0 aromatic rings. The highest BCUT2D eigenvalue weighted by Gasteiger charge is 2.28. The van der Waals surface area contributed by atoms with Gasteiger partial charge >= 0.3 is 0 Å². The molecule has 0 aromatic heterocycles. The van der Waals surface area contributed by atoms with Gasteiger partial charge in [-0.3, -0.25) is 4.90 Å². The van der Waals surface area contributed by atoms with E-state index in [0.717, 1.165) is 44.4 Å². The number of piperazine rings is 1. The first-order valence-corrected chi connectivity index (χ1v) is 8.39. The number of rotatable bonds is 2. The zero-order valence-corrected chi connectivity index (χ0v) is 14.3. The van der Waals surface area contributed by atoms with Gasteiger partial charge in [0.25, 0.3) is 0 Å². The summed E-state index contributed by atoms with van der Waals surface area (Å²) in [7, 11) is 0. The SMILES string of the molecule is CC(C)C1CCC1.CCC#CCN1CCNCC1(C)C. The highest BCUT2D eigenvalue weighted by atomic mass is 15.2. The van der Waals surface area contributed by atoms with Crippen molar-refractivity contribution in [2.45, 2.75) is 65.8 Å². The smallest absolute Gasteiger partial charge is 0.0607 e. The van der Waals surface area contributed by atoms with Crippen LogP contribution >= 0.6 is 0 Å². The summed E-state index contributed by atoms with van der Waals surface area (Å²) in [5.74, 6) is 8.37. The number of hydrogen-bond acceptors (Lipinski definition) is 2. The van der Waals surface area contributed by atoms with E-state index < -0.39 is 0 Å². The van der Waals surface area contributed by atoms with Crippen molar-refractivity contribution in [2.24, 2.45) is 11.8 Å². The van der Waals surface area contributed by atoms with Crippen molar-refractivity contribution in [3.63, 3.8) is 0 Å². The maximum atomic E-state index is 3.41. The van der Waals surface area contributed by atoms with Crippen LogP contribution in [0.1, 0.15) is 60.3 Å². The van der Waals surface area contributed by atoms with E-state index in [9.17, 15) is 0 Å². The second-order valence-corrected chi connectivity index (χ2v) is 7.05. The minimum absolute atomic E-state index is 0.265. The van der Waals surface area contributed by atoms with Crippen LogP contribution in [0.15, 0.2) is 0 Å². The Hall–Kier alpha value is -0.520. The van der Waals surface area contributed by atoms with Gasteiger partial charge in [0.05, 0.1) is 6.54 Å². The van der Waals surface area contributed by atoms with Crippen LogP contribution in [0.2, 0.25) is 0 Å². The van der Waals surface area contributed by atoms with E-state index >= 15 is 0 Å². The van der Waals surface area contributed by atoms with Crippen molar-refractivity contribution in [1.82, 2.24) is 10.2 Å². The van der Waals surface area contributed by atoms with Crippen molar-refractivity contribution in [3.05, 3.63) is 0 Å². The summed E-state index contributed by atoms with van der Waals surface area (Å²) in [6.07, 6.45) is 5.45. The fourth-order valence-corrected chi connectivity index (χ4v) is 2.70. The predicted octanol–water partition coefficient (Wildman–Crippen LogP) is 3.53. The second-order valence-electron chi connectivity index (χ2n) is 7.05. The van der Waals surface area contributed by atoms with E-state index in [1.165, 1.54) is 19.3 Å². The Bertz CT molecular complexity index is 318. The highest BCUT2D eigenvalue weighted by molar-refractivity contribution is 5.03. The molecule has 0 atom stereocenters. The molecular weight excluding hydrogens is 244 g/mol. The molecule has 1 aliphatic carbocycles. The normalized spacial score (nSPS) is 22.3. The molecule has 1 N–H and O–H groups in total. The maximum absolute atomic E-state index is 3.41. The molecule has 0 amide bonds. The van der Waals surface area contributed by atoms with Crippen molar-refractivity contribution < 1.29 is 0 Å². The molecule has 116 valence electrons. The predicted molar refractivity (Wildman–Crippen MR) is 88.8 cm³/mol. The van der Waals surface area contributed by atoms with Gasteiger partial charge in [0.15, 0.2) is 0 Å². The maximum Gasteiger partial charge on any atom is 0.0607 e. The lowest BCUT2D eigenvalue weighted by atomic mass is 9.78. The molecule has 0 spiro atoms. The van der Waals surface area contributed by atoms with Crippen LogP contribution in [0.5, 0.6) is 0 Å². The molecule has 1 saturated carbocycles. The molecule has 2 aliphatic rings. The minimum Gasteiger partial charge on any atom is -0.314 e. The Morgan fingerprint density at radius 3 is 2.35 bits per heavy atom. The summed E-state index contributed by atoms with van der Waals surface area (Å²) in [6, 6.07) is 0. The van der Waals surface area contributed by atoms with E-state index in [1.54, 1.807) is 0 Å². The van der Waals surface area contributed by atoms with Gasteiger partial charge in [-0.05, 0) is 25.7 Å². The Morgan fingerprint density at radius 1 is 1.25 bits per heavy atom. The van der Waals surface area contributed by atoms with E-state index in [1.807, 2.05) is 0 Å². The zero-order chi connectivity index (χ0) is 15.0. The topological polar surface area (TPSA) is 15.3 Å². The third kappa shape index (κ3) is 5.85. The first kappa shape index (κ1) is 17.5. The van der Waals surface area contributed by atoms with Crippen LogP contribution in [0, 0.1) is 23.7 Å². The molecule has 1 heterocycles. The molecule has 0 bridgehead atoms. The van der Waals surface area contributed by atoms with E-state index in [4.69, 9.17) is 0 Å². The first-order chi connectivity index (χ1) is 9.47. The van der Waals surface area contributed by atoms with Gasteiger partial charge < -0.3 is 5.32 Å². The standard InChI is InChI=1S/C11H20N2.C7H14/c1-4-5-6-8-13-9-7-12-10-11(13,2)3;1-6(2)7-4-3-5-7/h12H,4,7-10H2,1-3H3;6-7H,3-5H2,1-2H3. The van der Waals surface area contributed by atoms with Crippen LogP contribution in [0.4, 0.5) is 0 Å². The Labute approximate surface area is 126 Å². The summed E-state index contributed by atoms with van der Waals surface area (Å²) < 4.78 is 0. The van der Waals surface area contributed by atoms with Gasteiger partial charge in [0, 0.05) is 31.6 Å². The van der Waals surface area contributed by atoms with Crippen LogP contribution in [0.25, 0.3) is 0 Å². The Balaban J connectivity index is 0.000000240. The first-order valence-electron chi connectivity index (χ1n) is 8.39. The molecule has 2 heteroatoms. The summed E-state index contributed by atoms with van der Waals surface area (Å²) in [5, 5.41) is 3.41. The summed E-state index contributed by atoms with van der Waals surface area (Å²) in [4.78, 5) is 2.45. The van der Waals surface area contributed by atoms with Crippen LogP contribution in [-0.2, 0) is 0 Å². The molecule has 2 fully saturated rings. The number of hydrogen-bond donors (Lipinski definition) is 1. The van der Waals surface area contributed by atoms with Gasteiger partial charge in [-0.25, -0.2) is 0 Å². The van der Waals surface area contributed by atoms with E-state index in [-0.39, 0.29) is 5.54 Å². The number of nitrogens with one attached hydrogen (secondary N) is 1. The molecule has 20 heavy (non-hydrogen) atoms. The van der Waals surface area contributed by atoms with Crippen LogP contribution in [-0.4, -0.2) is 36.6 Å². The van der Waals surface area contributed by atoms with Crippen molar-refractivity contribution in [3.8, 4) is 11.8 Å². The molecule has 0 aromatic carbocycles. The van der Waals surface area contributed by atoms with Gasteiger partial charge in [-0.2, -0.15) is 0 Å². The molecular formula is C18H34N2. The summed E-state index contributed by atoms with van der Waals surface area (Å²) in [6.45, 7) is 15.5. The molecule has 2 nitrogen and oxygen atoms in total. The van der Waals surface area contributed by atoms with E-state index in [0.29, 0.717) is 0 Å². The third-order valence-corrected chi connectivity index (χ3v) is 4.64. The minimum atomic E-state index is 0.265. The Kier molecular flexibility index (Phi) is 7.62. The van der Waals surface area contributed by atoms with Crippen molar-refractivity contribution in [1.29, 1.82) is 0 Å². The largest absolute Gasteiger partial charge is 0.314 e. The van der Waals surface area contributed by atoms with Crippen molar-refractivity contribution >= 4 is 0 Å². The lowest BCUT2D eigenvalue weighted by Gasteiger charge is -2.41. The van der Waals surface area contributed by atoms with Gasteiger partial charge in [0.1, 0.15) is 0 Å². The van der Waals surface area contributed by atoms with Crippen molar-refractivity contribution in [2.75, 3.05) is 26.2 Å². The van der Waals surface area contributed by atoms with Gasteiger partial charge in [-0.1, -0.05) is 46.0 Å². The lowest BCUT2D eigenvalue weighted by molar-refractivity contribution is 0.107. The molecule has 0 unspecified atom stereocenters. The average molecular weight is 278 g/mol. The molecule has 1 aliphatic heterocycles. The number of nitrogens with zero attached hydrogens (tertiary/aromatic N) is 1. The average Bonchev–Trinajstić information content (AvgIpc) is 2.29. The lowest BCUT2D eigenvalue weighted by Crippen LogP contribution is -2.57. The molecule has 2 rings (SSSR count). The van der Waals surface area contributed by atoms with Crippen LogP contribution in [0.3, 0.4) is 0 Å². The van der Waals surface area contributed by atoms with Gasteiger partial charge in [0.2, 0.25) is 0 Å². The fraction of sp³-hybridized carbons (Fsp3) is 0.889. The highest BCUT2D eigenvalue weighted by Crippen LogP contribution is 2.32. The third-order valence-electron chi connectivity index (χ3n) is 4.64.